The van der Waals surface area contributed by atoms with Gasteiger partial charge in [0, 0.05) is 36.1 Å². The van der Waals surface area contributed by atoms with Gasteiger partial charge in [0.2, 0.25) is 0 Å². The third-order valence-electron chi connectivity index (χ3n) is 5.14. The van der Waals surface area contributed by atoms with Gasteiger partial charge in [-0.25, -0.2) is 9.97 Å². The van der Waals surface area contributed by atoms with Crippen LogP contribution in [0.4, 0.5) is 13.2 Å². The zero-order valence-electron chi connectivity index (χ0n) is 17.2. The fraction of sp³-hybridized carbons (Fsp3) is 0.136. The maximum atomic E-state index is 13.0. The van der Waals surface area contributed by atoms with E-state index < -0.39 is 11.7 Å². The second-order valence-electron chi connectivity index (χ2n) is 7.32. The minimum Gasteiger partial charge on any atom is -0.345 e. The number of hydrogen-bond acceptors (Lipinski definition) is 5. The van der Waals surface area contributed by atoms with E-state index in [1.807, 2.05) is 0 Å². The zero-order chi connectivity index (χ0) is 23.2. The van der Waals surface area contributed by atoms with Crippen molar-refractivity contribution in [2.24, 2.45) is 7.05 Å². The van der Waals surface area contributed by atoms with Crippen LogP contribution in [0, 0.1) is 0 Å². The summed E-state index contributed by atoms with van der Waals surface area (Å²) in [7, 11) is 1.65. The van der Waals surface area contributed by atoms with Crippen LogP contribution in [-0.2, 0) is 19.8 Å². The van der Waals surface area contributed by atoms with Crippen molar-refractivity contribution in [1.29, 1.82) is 0 Å². The Morgan fingerprint density at radius 2 is 1.76 bits per heavy atom. The van der Waals surface area contributed by atoms with Crippen LogP contribution in [0.5, 0.6) is 0 Å². The van der Waals surface area contributed by atoms with Crippen LogP contribution in [0.15, 0.2) is 60.9 Å². The van der Waals surface area contributed by atoms with Gasteiger partial charge in [-0.2, -0.15) is 23.1 Å². The fourth-order valence-electron chi connectivity index (χ4n) is 3.64. The SMILES string of the molecule is Cn1nc2c3cc(C(=O)NCc4ncccn4)ccc3n(-c3ccc(C(F)(F)F)cc3)c2n1. The van der Waals surface area contributed by atoms with E-state index in [1.165, 1.54) is 16.9 Å². The molecule has 0 atom stereocenters. The minimum atomic E-state index is -4.42. The number of rotatable bonds is 4. The van der Waals surface area contributed by atoms with Gasteiger partial charge in [0.05, 0.1) is 17.6 Å². The van der Waals surface area contributed by atoms with Crippen molar-refractivity contribution in [3.63, 3.8) is 0 Å². The Balaban J connectivity index is 1.55. The predicted molar refractivity (Wildman–Crippen MR) is 114 cm³/mol. The van der Waals surface area contributed by atoms with Crippen LogP contribution < -0.4 is 5.32 Å². The van der Waals surface area contributed by atoms with Crippen LogP contribution in [0.3, 0.4) is 0 Å². The zero-order valence-corrected chi connectivity index (χ0v) is 17.2. The van der Waals surface area contributed by atoms with E-state index in [4.69, 9.17) is 0 Å². The Kier molecular flexibility index (Phi) is 4.81. The van der Waals surface area contributed by atoms with Gasteiger partial charge in [0.25, 0.3) is 5.91 Å². The van der Waals surface area contributed by atoms with Crippen molar-refractivity contribution in [2.75, 3.05) is 0 Å². The van der Waals surface area contributed by atoms with Crippen molar-refractivity contribution in [1.82, 2.24) is 34.8 Å². The second kappa shape index (κ2) is 7.69. The predicted octanol–water partition coefficient (Wildman–Crippen LogP) is 3.65. The quantitative estimate of drug-likeness (QED) is 0.451. The molecule has 5 rings (SSSR count). The molecular weight excluding hydrogens is 435 g/mol. The number of fused-ring (bicyclic) bond motifs is 3. The van der Waals surface area contributed by atoms with E-state index in [0.29, 0.717) is 39.1 Å². The lowest BCUT2D eigenvalue weighted by atomic mass is 10.1. The number of carbonyl (C=O) groups is 1. The number of hydrogen-bond donors (Lipinski definition) is 1. The summed E-state index contributed by atoms with van der Waals surface area (Å²) < 4.78 is 40.7. The third kappa shape index (κ3) is 3.77. The number of amides is 1. The molecule has 3 aromatic heterocycles. The molecule has 2 aromatic carbocycles. The van der Waals surface area contributed by atoms with Gasteiger partial charge in [-0.15, -0.1) is 5.10 Å². The molecule has 0 unspecified atom stereocenters. The van der Waals surface area contributed by atoms with Gasteiger partial charge in [-0.1, -0.05) is 0 Å². The number of aryl methyl sites for hydroxylation is 1. The van der Waals surface area contributed by atoms with Gasteiger partial charge in [-0.05, 0) is 48.5 Å². The van der Waals surface area contributed by atoms with Crippen molar-refractivity contribution in [3.8, 4) is 5.69 Å². The van der Waals surface area contributed by atoms with E-state index in [9.17, 15) is 18.0 Å². The number of nitrogens with zero attached hydrogens (tertiary/aromatic N) is 6. The van der Waals surface area contributed by atoms with E-state index in [0.717, 1.165) is 12.1 Å². The van der Waals surface area contributed by atoms with Gasteiger partial charge >= 0.3 is 6.18 Å². The van der Waals surface area contributed by atoms with E-state index in [-0.39, 0.29) is 12.5 Å². The molecule has 0 fully saturated rings. The molecule has 0 spiro atoms. The maximum Gasteiger partial charge on any atom is 0.416 e. The molecule has 0 aliphatic carbocycles. The van der Waals surface area contributed by atoms with E-state index in [2.05, 4.69) is 25.5 Å². The van der Waals surface area contributed by atoms with E-state index in [1.54, 1.807) is 48.3 Å². The molecular formula is C22H16F3N7O. The first-order valence-electron chi connectivity index (χ1n) is 9.88. The standard InChI is InChI=1S/C22H16F3N7O/c1-31-29-19-16-11-13(21(33)28-12-18-26-9-2-10-27-18)3-8-17(16)32(20(19)30-31)15-6-4-14(5-7-15)22(23,24)25/h2-11H,12H2,1H3,(H,28,33). The molecule has 166 valence electrons. The molecule has 0 bridgehead atoms. The van der Waals surface area contributed by atoms with Crippen molar-refractivity contribution < 1.29 is 18.0 Å². The third-order valence-corrected chi connectivity index (χ3v) is 5.14. The summed E-state index contributed by atoms with van der Waals surface area (Å²) >= 11 is 0. The summed E-state index contributed by atoms with van der Waals surface area (Å²) in [5, 5.41) is 12.2. The Labute approximate surface area is 184 Å². The van der Waals surface area contributed by atoms with Crippen LogP contribution in [-0.4, -0.2) is 35.4 Å². The Morgan fingerprint density at radius 1 is 1.03 bits per heavy atom. The largest absolute Gasteiger partial charge is 0.416 e. The number of alkyl halides is 3. The highest BCUT2D eigenvalue weighted by molar-refractivity contribution is 6.08. The number of halogens is 3. The first-order valence-corrected chi connectivity index (χ1v) is 9.88. The molecule has 0 saturated carbocycles. The van der Waals surface area contributed by atoms with E-state index >= 15 is 0 Å². The molecule has 0 saturated heterocycles. The van der Waals surface area contributed by atoms with Gasteiger partial charge in [0.15, 0.2) is 5.65 Å². The van der Waals surface area contributed by atoms with Crippen LogP contribution in [0.25, 0.3) is 27.8 Å². The highest BCUT2D eigenvalue weighted by atomic mass is 19.4. The summed E-state index contributed by atoms with van der Waals surface area (Å²) in [6.45, 7) is 0.171. The first-order chi connectivity index (χ1) is 15.8. The smallest absolute Gasteiger partial charge is 0.345 e. The Bertz CT molecular complexity index is 1470. The summed E-state index contributed by atoms with van der Waals surface area (Å²) in [6.07, 6.45) is -1.24. The molecule has 11 heteroatoms. The lowest BCUT2D eigenvalue weighted by Crippen LogP contribution is -2.23. The van der Waals surface area contributed by atoms with Gasteiger partial charge in [-0.3, -0.25) is 9.36 Å². The summed E-state index contributed by atoms with van der Waals surface area (Å²) in [5.41, 5.74) is 1.84. The molecule has 1 N–H and O–H groups in total. The van der Waals surface area contributed by atoms with Crippen LogP contribution in [0.2, 0.25) is 0 Å². The molecule has 5 aromatic rings. The number of nitrogens with one attached hydrogen (secondary N) is 1. The van der Waals surface area contributed by atoms with Crippen molar-refractivity contribution >= 4 is 28.0 Å². The molecule has 0 radical (unpaired) electrons. The summed E-state index contributed by atoms with van der Waals surface area (Å²) in [4.78, 5) is 22.2. The molecule has 33 heavy (non-hydrogen) atoms. The molecule has 8 nitrogen and oxygen atoms in total. The molecule has 3 heterocycles. The molecule has 0 aliphatic heterocycles. The highest BCUT2D eigenvalue weighted by Gasteiger charge is 2.30. The fourth-order valence-corrected chi connectivity index (χ4v) is 3.64. The molecule has 1 amide bonds. The average molecular weight is 451 g/mol. The first kappa shape index (κ1) is 20.6. The lowest BCUT2D eigenvalue weighted by molar-refractivity contribution is -0.137. The normalized spacial score (nSPS) is 11.9. The molecule has 0 aliphatic rings. The van der Waals surface area contributed by atoms with Crippen LogP contribution in [0.1, 0.15) is 21.7 Å². The highest BCUT2D eigenvalue weighted by Crippen LogP contribution is 2.33. The van der Waals surface area contributed by atoms with Gasteiger partial charge in [0.1, 0.15) is 11.3 Å². The number of benzene rings is 2. The van der Waals surface area contributed by atoms with Gasteiger partial charge < -0.3 is 5.32 Å². The number of carbonyl (C=O) groups excluding carboxylic acids is 1. The Hall–Kier alpha value is -4.28. The minimum absolute atomic E-state index is 0.171. The van der Waals surface area contributed by atoms with Crippen molar-refractivity contribution in [2.45, 2.75) is 12.7 Å². The summed E-state index contributed by atoms with van der Waals surface area (Å²) in [5.74, 6) is 0.167. The maximum absolute atomic E-state index is 13.0. The number of aromatic nitrogens is 6. The van der Waals surface area contributed by atoms with Crippen molar-refractivity contribution in [3.05, 3.63) is 77.9 Å². The van der Waals surface area contributed by atoms with Crippen LogP contribution >= 0.6 is 0 Å². The lowest BCUT2D eigenvalue weighted by Gasteiger charge is -2.10. The average Bonchev–Trinajstić information content (AvgIpc) is 3.32. The Morgan fingerprint density at radius 3 is 2.45 bits per heavy atom. The summed E-state index contributed by atoms with van der Waals surface area (Å²) in [6, 6.07) is 11.6. The monoisotopic (exact) mass is 451 g/mol. The topological polar surface area (TPSA) is 90.5 Å². The second-order valence-corrected chi connectivity index (χ2v) is 7.32.